The Morgan fingerprint density at radius 3 is 2.95 bits per heavy atom. The third kappa shape index (κ3) is 2.98. The summed E-state index contributed by atoms with van der Waals surface area (Å²) in [6, 6.07) is 1.59. The van der Waals surface area contributed by atoms with Crippen LogP contribution in [0.25, 0.3) is 11.6 Å². The first-order valence-corrected chi connectivity index (χ1v) is 7.41. The predicted octanol–water partition coefficient (Wildman–Crippen LogP) is 1.60. The van der Waals surface area contributed by atoms with E-state index in [2.05, 4.69) is 22.2 Å². The average Bonchev–Trinajstić information content (AvgIpc) is 3.02. The van der Waals surface area contributed by atoms with Gasteiger partial charge in [-0.25, -0.2) is 0 Å². The molecule has 1 unspecified atom stereocenters. The van der Waals surface area contributed by atoms with Crippen LogP contribution in [-0.2, 0) is 18.2 Å². The van der Waals surface area contributed by atoms with Gasteiger partial charge in [-0.3, -0.25) is 4.68 Å². The van der Waals surface area contributed by atoms with Crippen molar-refractivity contribution in [2.45, 2.75) is 44.8 Å². The Kier molecular flexibility index (Phi) is 4.03. The molecule has 0 spiro atoms. The third-order valence-electron chi connectivity index (χ3n) is 3.85. The van der Waals surface area contributed by atoms with Crippen LogP contribution in [0, 0.1) is 0 Å². The van der Waals surface area contributed by atoms with Gasteiger partial charge < -0.3 is 15.0 Å². The number of aromatic nitrogens is 4. The first kappa shape index (κ1) is 14.2. The van der Waals surface area contributed by atoms with E-state index in [-0.39, 0.29) is 6.04 Å². The van der Waals surface area contributed by atoms with Crippen molar-refractivity contribution in [3.8, 4) is 11.6 Å². The molecule has 7 nitrogen and oxygen atoms in total. The van der Waals surface area contributed by atoms with Crippen LogP contribution in [0.15, 0.2) is 10.6 Å². The summed E-state index contributed by atoms with van der Waals surface area (Å²) in [5.74, 6) is 0.919. The fraction of sp³-hybridized carbons (Fsp3) is 0.643. The molecule has 1 atom stereocenters. The zero-order chi connectivity index (χ0) is 14.8. The molecule has 3 rings (SSSR count). The molecule has 21 heavy (non-hydrogen) atoms. The molecule has 0 radical (unpaired) electrons. The molecule has 7 heteroatoms. The number of aryl methyl sites for hydroxylation is 2. The molecule has 1 aliphatic carbocycles. The minimum absolute atomic E-state index is 0.353. The van der Waals surface area contributed by atoms with E-state index in [1.165, 1.54) is 6.42 Å². The quantitative estimate of drug-likeness (QED) is 0.869. The van der Waals surface area contributed by atoms with Gasteiger partial charge in [-0.15, -0.1) is 0 Å². The Hall–Kier alpha value is -1.73. The lowest BCUT2D eigenvalue weighted by Crippen LogP contribution is -2.27. The molecule has 0 saturated heterocycles. The van der Waals surface area contributed by atoms with Crippen molar-refractivity contribution in [3.05, 3.63) is 17.6 Å². The fourth-order valence-electron chi connectivity index (χ4n) is 2.24. The van der Waals surface area contributed by atoms with Gasteiger partial charge in [0.25, 0.3) is 5.89 Å². The molecule has 2 aromatic rings. The van der Waals surface area contributed by atoms with E-state index < -0.39 is 0 Å². The van der Waals surface area contributed by atoms with Crippen molar-refractivity contribution in [2.24, 2.45) is 12.8 Å². The SMILES string of the molecule is CCc1cc(-c2nc(C(N)COC3CCC3)no2)n(C)n1. The van der Waals surface area contributed by atoms with E-state index >= 15 is 0 Å². The zero-order valence-electron chi connectivity index (χ0n) is 12.5. The maximum Gasteiger partial charge on any atom is 0.276 e. The largest absolute Gasteiger partial charge is 0.376 e. The van der Waals surface area contributed by atoms with E-state index in [4.69, 9.17) is 15.0 Å². The minimum atomic E-state index is -0.359. The van der Waals surface area contributed by atoms with E-state index in [1.807, 2.05) is 13.1 Å². The highest BCUT2D eigenvalue weighted by molar-refractivity contribution is 5.47. The molecule has 0 bridgehead atoms. The highest BCUT2D eigenvalue weighted by atomic mass is 16.5. The van der Waals surface area contributed by atoms with Crippen molar-refractivity contribution < 1.29 is 9.26 Å². The normalized spacial score (nSPS) is 16.9. The second-order valence-corrected chi connectivity index (χ2v) is 5.45. The van der Waals surface area contributed by atoms with Gasteiger partial charge in [0.15, 0.2) is 5.82 Å². The van der Waals surface area contributed by atoms with Gasteiger partial charge in [0.1, 0.15) is 5.69 Å². The lowest BCUT2D eigenvalue weighted by molar-refractivity contribution is -0.00549. The molecule has 2 N–H and O–H groups in total. The fourth-order valence-corrected chi connectivity index (χ4v) is 2.24. The molecule has 0 aliphatic heterocycles. The number of ether oxygens (including phenoxy) is 1. The molecular weight excluding hydrogens is 270 g/mol. The molecular formula is C14H21N5O2. The monoisotopic (exact) mass is 291 g/mol. The Morgan fingerprint density at radius 1 is 1.52 bits per heavy atom. The molecule has 2 heterocycles. The van der Waals surface area contributed by atoms with Crippen molar-refractivity contribution in [1.82, 2.24) is 19.9 Å². The lowest BCUT2D eigenvalue weighted by atomic mass is 9.96. The van der Waals surface area contributed by atoms with Crippen LogP contribution in [-0.4, -0.2) is 32.6 Å². The van der Waals surface area contributed by atoms with Crippen LogP contribution in [0.5, 0.6) is 0 Å². The summed E-state index contributed by atoms with van der Waals surface area (Å²) in [5.41, 5.74) is 7.84. The Labute approximate surface area is 123 Å². The van der Waals surface area contributed by atoms with Gasteiger partial charge in [0, 0.05) is 7.05 Å². The Balaban J connectivity index is 1.68. The first-order valence-electron chi connectivity index (χ1n) is 7.41. The summed E-state index contributed by atoms with van der Waals surface area (Å²) in [7, 11) is 1.86. The summed E-state index contributed by atoms with van der Waals surface area (Å²) in [6.45, 7) is 2.48. The van der Waals surface area contributed by atoms with Gasteiger partial charge in [-0.1, -0.05) is 12.1 Å². The van der Waals surface area contributed by atoms with Crippen LogP contribution in [0.4, 0.5) is 0 Å². The van der Waals surface area contributed by atoms with Crippen LogP contribution in [0.1, 0.15) is 43.7 Å². The lowest BCUT2D eigenvalue weighted by Gasteiger charge is -2.26. The van der Waals surface area contributed by atoms with Gasteiger partial charge in [0.2, 0.25) is 0 Å². The number of rotatable bonds is 6. The summed E-state index contributed by atoms with van der Waals surface area (Å²) in [4.78, 5) is 4.37. The average molecular weight is 291 g/mol. The summed E-state index contributed by atoms with van der Waals surface area (Å²) < 4.78 is 12.7. The third-order valence-corrected chi connectivity index (χ3v) is 3.85. The molecule has 0 amide bonds. The van der Waals surface area contributed by atoms with E-state index in [9.17, 15) is 0 Å². The standard InChI is InChI=1S/C14H21N5O2/c1-3-9-7-12(19(2)17-9)14-16-13(18-21-14)11(15)8-20-10-5-4-6-10/h7,10-11H,3-6,8,15H2,1-2H3. The van der Waals surface area contributed by atoms with Gasteiger partial charge in [-0.2, -0.15) is 10.1 Å². The summed E-state index contributed by atoms with van der Waals surface area (Å²) in [5, 5.41) is 8.33. The smallest absolute Gasteiger partial charge is 0.276 e. The second kappa shape index (κ2) is 5.95. The van der Waals surface area contributed by atoms with Crippen LogP contribution in [0.2, 0.25) is 0 Å². The number of hydrogen-bond donors (Lipinski definition) is 1. The molecule has 0 aromatic carbocycles. The van der Waals surface area contributed by atoms with Crippen LogP contribution < -0.4 is 5.73 Å². The van der Waals surface area contributed by atoms with E-state index in [1.54, 1.807) is 4.68 Å². The molecule has 1 aliphatic rings. The number of hydrogen-bond acceptors (Lipinski definition) is 6. The van der Waals surface area contributed by atoms with Crippen molar-refractivity contribution >= 4 is 0 Å². The number of nitrogens with zero attached hydrogens (tertiary/aromatic N) is 4. The Morgan fingerprint density at radius 2 is 2.33 bits per heavy atom. The Bertz CT molecular complexity index is 602. The van der Waals surface area contributed by atoms with Crippen molar-refractivity contribution in [1.29, 1.82) is 0 Å². The second-order valence-electron chi connectivity index (χ2n) is 5.45. The van der Waals surface area contributed by atoms with Gasteiger partial charge in [0.05, 0.1) is 24.4 Å². The maximum absolute atomic E-state index is 6.05. The minimum Gasteiger partial charge on any atom is -0.376 e. The molecule has 1 fully saturated rings. The molecule has 2 aromatic heterocycles. The highest BCUT2D eigenvalue weighted by Gasteiger charge is 2.22. The molecule has 1 saturated carbocycles. The summed E-state index contributed by atoms with van der Waals surface area (Å²) >= 11 is 0. The van der Waals surface area contributed by atoms with Gasteiger partial charge >= 0.3 is 0 Å². The van der Waals surface area contributed by atoms with Crippen LogP contribution >= 0.6 is 0 Å². The topological polar surface area (TPSA) is 92.0 Å². The first-order chi connectivity index (χ1) is 10.2. The van der Waals surface area contributed by atoms with Crippen LogP contribution in [0.3, 0.4) is 0 Å². The zero-order valence-corrected chi connectivity index (χ0v) is 12.5. The molecule has 114 valence electrons. The highest BCUT2D eigenvalue weighted by Crippen LogP contribution is 2.24. The van der Waals surface area contributed by atoms with E-state index in [0.29, 0.717) is 24.4 Å². The van der Waals surface area contributed by atoms with Gasteiger partial charge in [-0.05, 0) is 31.7 Å². The maximum atomic E-state index is 6.05. The van der Waals surface area contributed by atoms with E-state index in [0.717, 1.165) is 30.7 Å². The van der Waals surface area contributed by atoms with Crippen molar-refractivity contribution in [2.75, 3.05) is 6.61 Å². The van der Waals surface area contributed by atoms with Crippen molar-refractivity contribution in [3.63, 3.8) is 0 Å². The number of nitrogens with two attached hydrogens (primary N) is 1. The predicted molar refractivity (Wildman–Crippen MR) is 76.4 cm³/mol. The summed E-state index contributed by atoms with van der Waals surface area (Å²) in [6.07, 6.45) is 4.71.